The highest BCUT2D eigenvalue weighted by atomic mass is 32.2. The van der Waals surface area contributed by atoms with Crippen molar-refractivity contribution in [3.05, 3.63) is 64.6 Å². The third kappa shape index (κ3) is 4.26. The van der Waals surface area contributed by atoms with Crippen LogP contribution >= 0.6 is 11.8 Å². The fourth-order valence-corrected chi connectivity index (χ4v) is 3.60. The van der Waals surface area contributed by atoms with Gasteiger partial charge in [-0.05, 0) is 66.6 Å². The van der Waals surface area contributed by atoms with Crippen LogP contribution in [0.3, 0.4) is 0 Å². The van der Waals surface area contributed by atoms with Crippen molar-refractivity contribution < 1.29 is 24.2 Å². The number of thioether (sulfide) groups is 1. The lowest BCUT2D eigenvalue weighted by Crippen LogP contribution is -2.27. The van der Waals surface area contributed by atoms with Crippen LogP contribution in [0, 0.1) is 6.92 Å². The van der Waals surface area contributed by atoms with Crippen LogP contribution in [-0.4, -0.2) is 28.3 Å². The van der Waals surface area contributed by atoms with Gasteiger partial charge in [0.1, 0.15) is 5.75 Å². The molecular weight excluding hydrogens is 378 g/mol. The number of benzene rings is 2. The smallest absolute Gasteiger partial charge is 0.344 e. The predicted octanol–water partition coefficient (Wildman–Crippen LogP) is 4.48. The molecule has 3 rings (SSSR count). The maximum Gasteiger partial charge on any atom is 0.344 e. The molecular formula is C21H19NO5S. The van der Waals surface area contributed by atoms with Gasteiger partial charge in [0.25, 0.3) is 11.1 Å². The fraction of sp³-hybridized carbons (Fsp3) is 0.190. The van der Waals surface area contributed by atoms with Crippen molar-refractivity contribution in [1.29, 1.82) is 0 Å². The van der Waals surface area contributed by atoms with Gasteiger partial charge in [-0.1, -0.05) is 31.2 Å². The van der Waals surface area contributed by atoms with Crippen LogP contribution in [0.25, 0.3) is 6.08 Å². The molecule has 2 amide bonds. The fourth-order valence-electron chi connectivity index (χ4n) is 2.76. The third-order valence-electron chi connectivity index (χ3n) is 4.13. The minimum absolute atomic E-state index is 0.300. The Morgan fingerprint density at radius 1 is 1.21 bits per heavy atom. The van der Waals surface area contributed by atoms with Gasteiger partial charge in [-0.3, -0.25) is 9.59 Å². The minimum atomic E-state index is -1.04. The van der Waals surface area contributed by atoms with Crippen LogP contribution in [0.2, 0.25) is 0 Å². The number of rotatable bonds is 6. The Hall–Kier alpha value is -3.06. The number of nitrogens with zero attached hydrogens (tertiary/aromatic N) is 1. The maximum atomic E-state index is 12.7. The Balaban J connectivity index is 1.84. The lowest BCUT2D eigenvalue weighted by atomic mass is 10.2. The van der Waals surface area contributed by atoms with Gasteiger partial charge in [-0.2, -0.15) is 0 Å². The van der Waals surface area contributed by atoms with E-state index in [-0.39, 0.29) is 11.1 Å². The van der Waals surface area contributed by atoms with Gasteiger partial charge in [0.05, 0.1) is 10.6 Å². The molecule has 7 heteroatoms. The Morgan fingerprint density at radius 2 is 1.96 bits per heavy atom. The van der Waals surface area contributed by atoms with Crippen molar-refractivity contribution >= 4 is 40.6 Å². The number of carboxylic acids is 1. The minimum Gasteiger partial charge on any atom is -0.479 e. The molecule has 2 aromatic rings. The van der Waals surface area contributed by atoms with E-state index in [0.717, 1.165) is 22.2 Å². The number of imide groups is 1. The van der Waals surface area contributed by atoms with Gasteiger partial charge in [0.2, 0.25) is 0 Å². The normalized spacial score (nSPS) is 16.5. The Kier molecular flexibility index (Phi) is 5.84. The van der Waals surface area contributed by atoms with Crippen molar-refractivity contribution in [1.82, 2.24) is 0 Å². The zero-order chi connectivity index (χ0) is 20.3. The molecule has 0 radical (unpaired) electrons. The van der Waals surface area contributed by atoms with E-state index >= 15 is 0 Å². The molecule has 144 valence electrons. The van der Waals surface area contributed by atoms with E-state index in [1.54, 1.807) is 55.5 Å². The molecule has 1 N–H and O–H groups in total. The largest absolute Gasteiger partial charge is 0.479 e. The monoisotopic (exact) mass is 397 g/mol. The molecule has 1 aliphatic rings. The number of carbonyl (C=O) groups excluding carboxylic acids is 2. The summed E-state index contributed by atoms with van der Waals surface area (Å²) >= 11 is 0.870. The molecule has 1 fully saturated rings. The summed E-state index contributed by atoms with van der Waals surface area (Å²) in [5.41, 5.74) is 2.14. The molecule has 0 aliphatic carbocycles. The molecule has 0 bridgehead atoms. The number of ether oxygens (including phenoxy) is 1. The molecule has 0 aromatic heterocycles. The molecule has 1 heterocycles. The van der Waals surface area contributed by atoms with Crippen LogP contribution in [0.4, 0.5) is 10.5 Å². The van der Waals surface area contributed by atoms with E-state index in [2.05, 4.69) is 0 Å². The molecule has 1 unspecified atom stereocenters. The van der Waals surface area contributed by atoms with Gasteiger partial charge in [-0.15, -0.1) is 0 Å². The van der Waals surface area contributed by atoms with E-state index in [9.17, 15) is 14.4 Å². The first-order valence-corrected chi connectivity index (χ1v) is 9.55. The van der Waals surface area contributed by atoms with E-state index < -0.39 is 12.1 Å². The predicted molar refractivity (Wildman–Crippen MR) is 108 cm³/mol. The van der Waals surface area contributed by atoms with E-state index in [0.29, 0.717) is 28.3 Å². The summed E-state index contributed by atoms with van der Waals surface area (Å²) in [6, 6.07) is 14.0. The first-order chi connectivity index (χ1) is 13.4. The van der Waals surface area contributed by atoms with Gasteiger partial charge >= 0.3 is 5.97 Å². The maximum absolute atomic E-state index is 12.7. The van der Waals surface area contributed by atoms with E-state index in [1.807, 2.05) is 13.0 Å². The summed E-state index contributed by atoms with van der Waals surface area (Å²) in [5.74, 6) is -1.03. The van der Waals surface area contributed by atoms with Gasteiger partial charge in [0, 0.05) is 0 Å². The summed E-state index contributed by atoms with van der Waals surface area (Å²) in [5, 5.41) is 8.77. The molecule has 1 saturated heterocycles. The highest BCUT2D eigenvalue weighted by molar-refractivity contribution is 8.19. The highest BCUT2D eigenvalue weighted by Crippen LogP contribution is 2.36. The second kappa shape index (κ2) is 8.31. The Morgan fingerprint density at radius 3 is 2.64 bits per heavy atom. The van der Waals surface area contributed by atoms with Crippen molar-refractivity contribution in [2.75, 3.05) is 4.90 Å². The Labute approximate surface area is 166 Å². The SMILES string of the molecule is CCC(Oc1cccc(/C=C2/SC(=O)N(c3cccc(C)c3)C2=O)c1)C(=O)O. The zero-order valence-electron chi connectivity index (χ0n) is 15.4. The number of aryl methyl sites for hydroxylation is 1. The number of carbonyl (C=O) groups is 3. The van der Waals surface area contributed by atoms with Crippen molar-refractivity contribution in [2.45, 2.75) is 26.4 Å². The number of hydrogen-bond donors (Lipinski definition) is 1. The topological polar surface area (TPSA) is 83.9 Å². The standard InChI is InChI=1S/C21H19NO5S/c1-3-17(20(24)25)27-16-9-5-7-14(11-16)12-18-19(23)22(21(26)28-18)15-8-4-6-13(2)10-15/h4-12,17H,3H2,1-2H3,(H,24,25)/b18-12+. The summed E-state index contributed by atoms with van der Waals surface area (Å²) in [6.07, 6.45) is 0.994. The number of carboxylic acid groups (broad SMARTS) is 1. The van der Waals surface area contributed by atoms with E-state index in [4.69, 9.17) is 9.84 Å². The molecule has 0 saturated carbocycles. The first kappa shape index (κ1) is 19.7. The first-order valence-electron chi connectivity index (χ1n) is 8.73. The molecule has 6 nitrogen and oxygen atoms in total. The summed E-state index contributed by atoms with van der Waals surface area (Å²) in [7, 11) is 0. The number of hydrogen-bond acceptors (Lipinski definition) is 5. The number of aliphatic carboxylic acids is 1. The quantitative estimate of drug-likeness (QED) is 0.724. The zero-order valence-corrected chi connectivity index (χ0v) is 16.2. The Bertz CT molecular complexity index is 969. The van der Waals surface area contributed by atoms with Crippen LogP contribution in [0.15, 0.2) is 53.4 Å². The van der Waals surface area contributed by atoms with Gasteiger partial charge < -0.3 is 9.84 Å². The van der Waals surface area contributed by atoms with Crippen LogP contribution in [-0.2, 0) is 9.59 Å². The van der Waals surface area contributed by atoms with E-state index in [1.165, 1.54) is 0 Å². The number of anilines is 1. The lowest BCUT2D eigenvalue weighted by molar-refractivity contribution is -0.145. The summed E-state index contributed by atoms with van der Waals surface area (Å²) in [4.78, 5) is 37.7. The number of amides is 2. The van der Waals surface area contributed by atoms with Crippen molar-refractivity contribution in [3.63, 3.8) is 0 Å². The molecule has 1 atom stereocenters. The van der Waals surface area contributed by atoms with Crippen molar-refractivity contribution in [3.8, 4) is 5.75 Å². The van der Waals surface area contributed by atoms with Gasteiger partial charge in [0.15, 0.2) is 6.10 Å². The van der Waals surface area contributed by atoms with Crippen LogP contribution in [0.1, 0.15) is 24.5 Å². The average Bonchev–Trinajstić information content (AvgIpc) is 2.93. The van der Waals surface area contributed by atoms with Crippen molar-refractivity contribution in [2.24, 2.45) is 0 Å². The second-order valence-corrected chi connectivity index (χ2v) is 7.27. The summed E-state index contributed by atoms with van der Waals surface area (Å²) in [6.45, 7) is 3.62. The molecule has 0 spiro atoms. The molecule has 2 aromatic carbocycles. The molecule has 1 aliphatic heterocycles. The highest BCUT2D eigenvalue weighted by Gasteiger charge is 2.36. The second-order valence-electron chi connectivity index (χ2n) is 6.28. The van der Waals surface area contributed by atoms with Gasteiger partial charge in [-0.25, -0.2) is 9.69 Å². The lowest BCUT2D eigenvalue weighted by Gasteiger charge is -2.13. The average molecular weight is 397 g/mol. The van der Waals surface area contributed by atoms with Crippen LogP contribution in [0.5, 0.6) is 5.75 Å². The summed E-state index contributed by atoms with van der Waals surface area (Å²) < 4.78 is 5.48. The van der Waals surface area contributed by atoms with Crippen LogP contribution < -0.4 is 9.64 Å². The molecule has 28 heavy (non-hydrogen) atoms. The third-order valence-corrected chi connectivity index (χ3v) is 5.00.